The van der Waals surface area contributed by atoms with Crippen LogP contribution in [0.4, 0.5) is 5.69 Å². The van der Waals surface area contributed by atoms with Crippen molar-refractivity contribution in [1.82, 2.24) is 5.32 Å². The molecule has 4 nitrogen and oxygen atoms in total. The number of amides is 2. The van der Waals surface area contributed by atoms with Crippen molar-refractivity contribution in [2.75, 3.05) is 10.7 Å². The Kier molecular flexibility index (Phi) is 4.76. The molecule has 0 bridgehead atoms. The Morgan fingerprint density at radius 3 is 2.64 bits per heavy atom. The first-order chi connectivity index (χ1) is 12.2. The third-order valence-electron chi connectivity index (χ3n) is 5.94. The van der Waals surface area contributed by atoms with E-state index in [4.69, 9.17) is 0 Å². The van der Waals surface area contributed by atoms with E-state index in [-0.39, 0.29) is 23.1 Å². The Morgan fingerprint density at radius 2 is 1.88 bits per heavy atom. The number of thioether (sulfide) groups is 1. The van der Waals surface area contributed by atoms with Crippen LogP contribution >= 0.6 is 11.8 Å². The van der Waals surface area contributed by atoms with E-state index < -0.39 is 5.54 Å². The standard InChI is InChI=1S/C20H26N2O2S/c23-18-12-14-25-17-11-6-13-20(17,19(24)21-15-7-4-5-8-15)22(18)16-9-2-1-3-10-16/h1-3,9-10,15,17H,4-8,11-14H2,(H,21,24). The molecule has 4 rings (SSSR count). The number of fused-ring (bicyclic) bond motifs is 1. The van der Waals surface area contributed by atoms with Gasteiger partial charge < -0.3 is 5.32 Å². The molecule has 2 unspecified atom stereocenters. The van der Waals surface area contributed by atoms with E-state index in [2.05, 4.69) is 5.32 Å². The van der Waals surface area contributed by atoms with Gasteiger partial charge in [-0.05, 0) is 44.2 Å². The number of nitrogens with one attached hydrogen (secondary N) is 1. The number of hydrogen-bond acceptors (Lipinski definition) is 3. The van der Waals surface area contributed by atoms with Gasteiger partial charge in [-0.3, -0.25) is 14.5 Å². The van der Waals surface area contributed by atoms with Crippen LogP contribution in [0.3, 0.4) is 0 Å². The van der Waals surface area contributed by atoms with Gasteiger partial charge in [-0.1, -0.05) is 31.0 Å². The fraction of sp³-hybridized carbons (Fsp3) is 0.600. The lowest BCUT2D eigenvalue weighted by molar-refractivity contribution is -0.130. The lowest BCUT2D eigenvalue weighted by Crippen LogP contribution is -2.64. The summed E-state index contributed by atoms with van der Waals surface area (Å²) in [4.78, 5) is 28.4. The molecule has 134 valence electrons. The first-order valence-corrected chi connectivity index (χ1v) is 10.6. The van der Waals surface area contributed by atoms with Crippen molar-refractivity contribution in [2.45, 2.75) is 68.2 Å². The fourth-order valence-electron chi connectivity index (χ4n) is 4.75. The molecule has 1 aromatic carbocycles. The smallest absolute Gasteiger partial charge is 0.247 e. The summed E-state index contributed by atoms with van der Waals surface area (Å²) in [6.07, 6.45) is 7.82. The summed E-state index contributed by atoms with van der Waals surface area (Å²) < 4.78 is 0. The molecular formula is C20H26N2O2S. The van der Waals surface area contributed by atoms with Crippen molar-refractivity contribution >= 4 is 29.3 Å². The molecule has 2 aliphatic carbocycles. The van der Waals surface area contributed by atoms with Crippen LogP contribution in [-0.2, 0) is 9.59 Å². The van der Waals surface area contributed by atoms with Gasteiger partial charge in [-0.15, -0.1) is 0 Å². The third kappa shape index (κ3) is 2.97. The summed E-state index contributed by atoms with van der Waals surface area (Å²) in [7, 11) is 0. The van der Waals surface area contributed by atoms with Gasteiger partial charge in [-0.25, -0.2) is 0 Å². The van der Waals surface area contributed by atoms with Crippen molar-refractivity contribution < 1.29 is 9.59 Å². The second-order valence-electron chi connectivity index (χ2n) is 7.45. The Balaban J connectivity index is 1.74. The van der Waals surface area contributed by atoms with E-state index in [0.717, 1.165) is 43.5 Å². The largest absolute Gasteiger partial charge is 0.351 e. The Labute approximate surface area is 153 Å². The molecule has 1 heterocycles. The molecule has 2 amide bonds. The highest BCUT2D eigenvalue weighted by Gasteiger charge is 2.56. The maximum atomic E-state index is 13.5. The van der Waals surface area contributed by atoms with Gasteiger partial charge in [-0.2, -0.15) is 11.8 Å². The molecule has 25 heavy (non-hydrogen) atoms. The van der Waals surface area contributed by atoms with E-state index in [0.29, 0.717) is 6.42 Å². The van der Waals surface area contributed by atoms with Crippen molar-refractivity contribution in [2.24, 2.45) is 0 Å². The number of carbonyl (C=O) groups is 2. The molecule has 1 aromatic rings. The van der Waals surface area contributed by atoms with Crippen LogP contribution in [0.25, 0.3) is 0 Å². The summed E-state index contributed by atoms with van der Waals surface area (Å²) in [6, 6.07) is 10.1. The number of hydrogen-bond donors (Lipinski definition) is 1. The minimum atomic E-state index is -0.720. The summed E-state index contributed by atoms with van der Waals surface area (Å²) in [5.41, 5.74) is 0.144. The molecule has 1 saturated heterocycles. The second-order valence-corrected chi connectivity index (χ2v) is 8.76. The average Bonchev–Trinajstić information content (AvgIpc) is 3.25. The summed E-state index contributed by atoms with van der Waals surface area (Å²) in [5, 5.41) is 3.51. The molecule has 0 radical (unpaired) electrons. The number of benzene rings is 1. The maximum Gasteiger partial charge on any atom is 0.247 e. The van der Waals surface area contributed by atoms with E-state index >= 15 is 0 Å². The van der Waals surface area contributed by atoms with Crippen LogP contribution in [0.5, 0.6) is 0 Å². The second kappa shape index (κ2) is 7.02. The quantitative estimate of drug-likeness (QED) is 0.900. The van der Waals surface area contributed by atoms with Gasteiger partial charge in [0, 0.05) is 29.2 Å². The number of rotatable bonds is 3. The van der Waals surface area contributed by atoms with Crippen LogP contribution in [0.1, 0.15) is 51.4 Å². The van der Waals surface area contributed by atoms with Gasteiger partial charge in [0.2, 0.25) is 11.8 Å². The number of carbonyl (C=O) groups excluding carboxylic acids is 2. The number of nitrogens with zero attached hydrogens (tertiary/aromatic N) is 1. The number of anilines is 1. The zero-order valence-corrected chi connectivity index (χ0v) is 15.4. The molecule has 5 heteroatoms. The van der Waals surface area contributed by atoms with E-state index in [1.54, 1.807) is 0 Å². The normalized spacial score (nSPS) is 30.2. The SMILES string of the molecule is O=C1CCSC2CCCC2(C(=O)NC2CCCC2)N1c1ccccc1. The monoisotopic (exact) mass is 358 g/mol. The highest BCUT2D eigenvalue weighted by atomic mass is 32.2. The van der Waals surface area contributed by atoms with Gasteiger partial charge in [0.25, 0.3) is 0 Å². The summed E-state index contributed by atoms with van der Waals surface area (Å²) in [6.45, 7) is 0. The minimum Gasteiger partial charge on any atom is -0.351 e. The van der Waals surface area contributed by atoms with Crippen LogP contribution in [-0.4, -0.2) is 34.4 Å². The molecular weight excluding hydrogens is 332 g/mol. The van der Waals surface area contributed by atoms with E-state index in [1.165, 1.54) is 12.8 Å². The molecule has 0 spiro atoms. The Morgan fingerprint density at radius 1 is 1.12 bits per heavy atom. The van der Waals surface area contributed by atoms with Crippen molar-refractivity contribution in [1.29, 1.82) is 0 Å². The van der Waals surface area contributed by atoms with E-state index in [1.807, 2.05) is 47.0 Å². The zero-order chi connectivity index (χ0) is 17.3. The molecule has 3 fully saturated rings. The molecule has 0 aromatic heterocycles. The predicted octanol–water partition coefficient (Wildman–Crippen LogP) is 3.51. The van der Waals surface area contributed by atoms with Crippen LogP contribution in [0.2, 0.25) is 0 Å². The van der Waals surface area contributed by atoms with Gasteiger partial charge in [0.05, 0.1) is 0 Å². The maximum absolute atomic E-state index is 13.5. The highest BCUT2D eigenvalue weighted by Crippen LogP contribution is 2.47. The lowest BCUT2D eigenvalue weighted by atomic mass is 9.91. The molecule has 3 aliphatic rings. The lowest BCUT2D eigenvalue weighted by Gasteiger charge is -2.42. The highest BCUT2D eigenvalue weighted by molar-refractivity contribution is 8.00. The fourth-order valence-corrected chi connectivity index (χ4v) is 6.27. The first kappa shape index (κ1) is 17.0. The van der Waals surface area contributed by atoms with Gasteiger partial charge >= 0.3 is 0 Å². The first-order valence-electron chi connectivity index (χ1n) is 9.52. The van der Waals surface area contributed by atoms with Crippen LogP contribution in [0, 0.1) is 0 Å². The molecule has 1 N–H and O–H groups in total. The predicted molar refractivity (Wildman–Crippen MR) is 102 cm³/mol. The van der Waals surface area contributed by atoms with Crippen molar-refractivity contribution in [3.05, 3.63) is 30.3 Å². The zero-order valence-electron chi connectivity index (χ0n) is 14.6. The van der Waals surface area contributed by atoms with Gasteiger partial charge in [0.1, 0.15) is 5.54 Å². The topological polar surface area (TPSA) is 49.4 Å². The van der Waals surface area contributed by atoms with Crippen molar-refractivity contribution in [3.63, 3.8) is 0 Å². The van der Waals surface area contributed by atoms with Gasteiger partial charge in [0.15, 0.2) is 0 Å². The Bertz CT molecular complexity index is 644. The van der Waals surface area contributed by atoms with Crippen LogP contribution in [0.15, 0.2) is 30.3 Å². The molecule has 1 aliphatic heterocycles. The van der Waals surface area contributed by atoms with E-state index in [9.17, 15) is 9.59 Å². The average molecular weight is 359 g/mol. The summed E-state index contributed by atoms with van der Waals surface area (Å²) >= 11 is 1.82. The van der Waals surface area contributed by atoms with Crippen molar-refractivity contribution in [3.8, 4) is 0 Å². The third-order valence-corrected chi connectivity index (χ3v) is 7.41. The number of para-hydroxylation sites is 1. The minimum absolute atomic E-state index is 0.0773. The van der Waals surface area contributed by atoms with Crippen LogP contribution < -0.4 is 10.2 Å². The Hall–Kier alpha value is -1.49. The molecule has 2 atom stereocenters. The summed E-state index contributed by atoms with van der Waals surface area (Å²) in [5.74, 6) is 0.976. The molecule has 2 saturated carbocycles.